The van der Waals surface area contributed by atoms with E-state index in [2.05, 4.69) is 56.1 Å². The molecule has 1 aromatic rings. The Labute approximate surface area is 227 Å². The molecular formula is C27H42N5O4PSi. The van der Waals surface area contributed by atoms with E-state index in [9.17, 15) is 9.36 Å². The van der Waals surface area contributed by atoms with Gasteiger partial charge < -0.3 is 23.9 Å². The molecule has 3 aliphatic heterocycles. The minimum Gasteiger partial charge on any atom is -0.409 e. The molecule has 3 aliphatic rings. The number of carbonyl (C=O) groups excluding carboxylic acids is 1. The Hall–Kier alpha value is -2.13. The third kappa shape index (κ3) is 6.19. The van der Waals surface area contributed by atoms with Crippen molar-refractivity contribution in [2.45, 2.75) is 82.9 Å². The van der Waals surface area contributed by atoms with Gasteiger partial charge in [-0.2, -0.15) is 0 Å². The summed E-state index contributed by atoms with van der Waals surface area (Å²) in [6.07, 6.45) is 3.48. The summed E-state index contributed by atoms with van der Waals surface area (Å²) in [6.45, 7) is 17.0. The number of nitrogens with one attached hydrogen (secondary N) is 1. The molecule has 3 heterocycles. The summed E-state index contributed by atoms with van der Waals surface area (Å²) >= 11 is 0. The van der Waals surface area contributed by atoms with Gasteiger partial charge in [-0.05, 0) is 50.0 Å². The third-order valence-corrected chi connectivity index (χ3v) is 13.9. The summed E-state index contributed by atoms with van der Waals surface area (Å²) < 4.78 is 26.1. The van der Waals surface area contributed by atoms with E-state index < -0.39 is 33.9 Å². The normalized spacial score (nSPS) is 29.4. The molecule has 1 aromatic carbocycles. The lowest BCUT2D eigenvalue weighted by Crippen LogP contribution is -2.55. The van der Waals surface area contributed by atoms with Crippen LogP contribution in [0.3, 0.4) is 0 Å². The van der Waals surface area contributed by atoms with Crippen LogP contribution in [0.25, 0.3) is 0 Å². The topological polar surface area (TPSA) is 105 Å². The summed E-state index contributed by atoms with van der Waals surface area (Å²) in [5, 5.41) is 2.96. The molecule has 4 rings (SSSR count). The van der Waals surface area contributed by atoms with E-state index in [0.717, 1.165) is 0 Å². The van der Waals surface area contributed by atoms with Gasteiger partial charge in [-0.3, -0.25) is 9.79 Å². The molecule has 1 saturated heterocycles. The van der Waals surface area contributed by atoms with Crippen molar-refractivity contribution in [3.63, 3.8) is 0 Å². The van der Waals surface area contributed by atoms with Crippen molar-refractivity contribution in [1.82, 2.24) is 10.2 Å². The Kier molecular flexibility index (Phi) is 8.20. The van der Waals surface area contributed by atoms with E-state index >= 15 is 0 Å². The molecule has 11 heteroatoms. The maximum Gasteiger partial charge on any atom is 0.256 e. The van der Waals surface area contributed by atoms with Crippen molar-refractivity contribution in [3.8, 4) is 0 Å². The molecule has 0 bridgehead atoms. The zero-order chi connectivity index (χ0) is 27.9. The van der Waals surface area contributed by atoms with Gasteiger partial charge in [0.25, 0.3) is 5.91 Å². The van der Waals surface area contributed by atoms with Gasteiger partial charge in [0.2, 0.25) is 0 Å². The van der Waals surface area contributed by atoms with Crippen molar-refractivity contribution >= 4 is 39.9 Å². The van der Waals surface area contributed by atoms with Crippen molar-refractivity contribution < 1.29 is 18.5 Å². The molecule has 0 spiro atoms. The smallest absolute Gasteiger partial charge is 0.256 e. The number of fused-ring (bicyclic) bond motifs is 1. The van der Waals surface area contributed by atoms with Gasteiger partial charge in [0.15, 0.2) is 26.8 Å². The number of carbonyl (C=O) groups is 1. The SMILES string of the molecule is C[C@H]1[C@@H](O[Si](C)(C)C(C)(C)C)[C@H](N2C=NC3C(NC(=O)c4ccccc4)=NC=NC32)O[C@@H]1CCP(C)(C)=O. The number of aliphatic imine (C=N–C) groups is 3. The molecule has 208 valence electrons. The Bertz CT molecular complexity index is 1160. The highest BCUT2D eigenvalue weighted by Crippen LogP contribution is 2.45. The Balaban J connectivity index is 1.55. The van der Waals surface area contributed by atoms with Gasteiger partial charge in [0.1, 0.15) is 12.2 Å². The fourth-order valence-electron chi connectivity index (χ4n) is 4.71. The number of hydrogen-bond donors (Lipinski definition) is 1. The second kappa shape index (κ2) is 10.8. The second-order valence-electron chi connectivity index (χ2n) is 12.5. The van der Waals surface area contributed by atoms with Crippen LogP contribution in [-0.4, -0.2) is 87.8 Å². The largest absolute Gasteiger partial charge is 0.409 e. The first kappa shape index (κ1) is 28.9. The van der Waals surface area contributed by atoms with Gasteiger partial charge in [-0.1, -0.05) is 45.9 Å². The fourth-order valence-corrected chi connectivity index (χ4v) is 6.95. The zero-order valence-corrected chi connectivity index (χ0v) is 25.7. The van der Waals surface area contributed by atoms with E-state index in [0.29, 0.717) is 24.0 Å². The molecule has 9 nitrogen and oxygen atoms in total. The highest BCUT2D eigenvalue weighted by atomic mass is 31.2. The molecule has 0 saturated carbocycles. The zero-order valence-electron chi connectivity index (χ0n) is 23.8. The van der Waals surface area contributed by atoms with Gasteiger partial charge in [0, 0.05) is 17.6 Å². The quantitative estimate of drug-likeness (QED) is 0.387. The number of rotatable bonds is 7. The van der Waals surface area contributed by atoms with E-state index in [4.69, 9.17) is 14.2 Å². The highest BCUT2D eigenvalue weighted by Gasteiger charge is 2.53. The second-order valence-corrected chi connectivity index (χ2v) is 20.9. The van der Waals surface area contributed by atoms with Gasteiger partial charge >= 0.3 is 0 Å². The lowest BCUT2D eigenvalue weighted by Gasteiger charge is -2.42. The molecule has 2 unspecified atom stereocenters. The van der Waals surface area contributed by atoms with Crippen LogP contribution in [0.5, 0.6) is 0 Å². The van der Waals surface area contributed by atoms with Crippen LogP contribution in [0.2, 0.25) is 18.1 Å². The molecule has 1 amide bonds. The van der Waals surface area contributed by atoms with Crippen molar-refractivity contribution in [2.75, 3.05) is 19.5 Å². The van der Waals surface area contributed by atoms with E-state index in [1.165, 1.54) is 6.34 Å². The van der Waals surface area contributed by atoms with Crippen molar-refractivity contribution in [3.05, 3.63) is 35.9 Å². The average Bonchev–Trinajstić information content (AvgIpc) is 3.39. The first-order chi connectivity index (χ1) is 17.7. The maximum absolute atomic E-state index is 12.8. The molecule has 0 aromatic heterocycles. The number of amides is 1. The van der Waals surface area contributed by atoms with Crippen LogP contribution in [-0.2, 0) is 13.7 Å². The first-order valence-corrected chi connectivity index (χ1v) is 19.0. The Morgan fingerprint density at radius 3 is 2.50 bits per heavy atom. The molecule has 38 heavy (non-hydrogen) atoms. The summed E-state index contributed by atoms with van der Waals surface area (Å²) in [5.74, 6) is 0.326. The molecule has 1 fully saturated rings. The van der Waals surface area contributed by atoms with Crippen molar-refractivity contribution in [1.29, 1.82) is 0 Å². The van der Waals surface area contributed by atoms with E-state index in [1.807, 2.05) is 36.4 Å². The van der Waals surface area contributed by atoms with Crippen LogP contribution < -0.4 is 5.32 Å². The summed E-state index contributed by atoms with van der Waals surface area (Å²) in [5.41, 5.74) is 0.552. The monoisotopic (exact) mass is 559 g/mol. The summed E-state index contributed by atoms with van der Waals surface area (Å²) in [6, 6.07) is 8.59. The molecule has 0 aliphatic carbocycles. The number of benzene rings is 1. The Morgan fingerprint density at radius 1 is 1.18 bits per heavy atom. The Morgan fingerprint density at radius 2 is 1.87 bits per heavy atom. The minimum atomic E-state index is -2.18. The predicted octanol–water partition coefficient (Wildman–Crippen LogP) is 4.66. The standard InChI is InChI=1S/C27H42N5O4PSi/c1-18-20(14-15-37(5,6)34)35-26(22(18)36-38(7,8)27(2,3)4)32-17-30-21-23(28-16-29-24(21)32)31-25(33)19-12-10-9-11-13-19/h9-13,16-18,20-22,24,26H,14-15H2,1-8H3,(H,28,29,31,33)/t18-,20-,21?,22-,24?,26-/m1/s1. The van der Waals surface area contributed by atoms with Gasteiger partial charge in [-0.15, -0.1) is 0 Å². The minimum absolute atomic E-state index is 0.0318. The van der Waals surface area contributed by atoms with Crippen molar-refractivity contribution in [2.24, 2.45) is 20.9 Å². The van der Waals surface area contributed by atoms with Gasteiger partial charge in [0.05, 0.1) is 25.7 Å². The lowest BCUT2D eigenvalue weighted by molar-refractivity contribution is -0.0647. The summed E-state index contributed by atoms with van der Waals surface area (Å²) in [4.78, 5) is 28.5. The fraction of sp³-hybridized carbons (Fsp3) is 0.630. The van der Waals surface area contributed by atoms with Crippen LogP contribution in [0.4, 0.5) is 0 Å². The van der Waals surface area contributed by atoms with E-state index in [-0.39, 0.29) is 29.1 Å². The predicted molar refractivity (Wildman–Crippen MR) is 157 cm³/mol. The lowest BCUT2D eigenvalue weighted by atomic mass is 9.98. The first-order valence-electron chi connectivity index (χ1n) is 13.3. The van der Waals surface area contributed by atoms with Crippen LogP contribution in [0, 0.1) is 5.92 Å². The number of amidine groups is 1. The van der Waals surface area contributed by atoms with Crippen LogP contribution in [0.1, 0.15) is 44.5 Å². The van der Waals surface area contributed by atoms with Gasteiger partial charge in [-0.25, -0.2) is 9.98 Å². The highest BCUT2D eigenvalue weighted by molar-refractivity contribution is 7.62. The van der Waals surface area contributed by atoms with E-state index in [1.54, 1.807) is 18.5 Å². The number of hydrogen-bond acceptors (Lipinski definition) is 8. The molecular weight excluding hydrogens is 517 g/mol. The number of ether oxygens (including phenoxy) is 1. The third-order valence-electron chi connectivity index (χ3n) is 8.11. The maximum atomic E-state index is 12.8. The summed E-state index contributed by atoms with van der Waals surface area (Å²) in [7, 11) is -4.31. The molecule has 6 atom stereocenters. The molecule has 1 N–H and O–H groups in total. The average molecular weight is 560 g/mol. The molecule has 0 radical (unpaired) electrons. The van der Waals surface area contributed by atoms with Crippen LogP contribution >= 0.6 is 7.14 Å². The van der Waals surface area contributed by atoms with Crippen LogP contribution in [0.15, 0.2) is 45.3 Å². The number of nitrogens with zero attached hydrogens (tertiary/aromatic N) is 4.